The van der Waals surface area contributed by atoms with Gasteiger partial charge in [-0.1, -0.05) is 28.8 Å². The number of thiocarbonyl (C=S) groups is 1. The molecule has 0 unspecified atom stereocenters. The molecule has 22 heavy (non-hydrogen) atoms. The number of nitrogens with zero attached hydrogens (tertiary/aromatic N) is 1. The highest BCUT2D eigenvalue weighted by Gasteiger charge is 2.08. The topological polar surface area (TPSA) is 27.3 Å². The molecule has 1 saturated heterocycles. The second-order valence-electron chi connectivity index (χ2n) is 5.61. The van der Waals surface area contributed by atoms with Gasteiger partial charge in [-0.25, -0.2) is 4.39 Å². The summed E-state index contributed by atoms with van der Waals surface area (Å²) in [6.45, 7) is 4.34. The van der Waals surface area contributed by atoms with Crippen LogP contribution in [0.5, 0.6) is 0 Å². The van der Waals surface area contributed by atoms with Gasteiger partial charge in [0, 0.05) is 11.0 Å². The number of anilines is 1. The number of benzene rings is 1. The SMILES string of the molecule is Fc1cc(Br)ccc1NC(=S)NCCCN1CCCCCC1. The van der Waals surface area contributed by atoms with Crippen molar-refractivity contribution in [2.75, 3.05) is 31.5 Å². The minimum absolute atomic E-state index is 0.317. The minimum atomic E-state index is -0.317. The summed E-state index contributed by atoms with van der Waals surface area (Å²) in [5.74, 6) is -0.317. The zero-order chi connectivity index (χ0) is 15.8. The second kappa shape index (κ2) is 9.43. The normalized spacial score (nSPS) is 16.1. The van der Waals surface area contributed by atoms with E-state index in [1.54, 1.807) is 12.1 Å². The monoisotopic (exact) mass is 387 g/mol. The lowest BCUT2D eigenvalue weighted by Gasteiger charge is -2.19. The van der Waals surface area contributed by atoms with Crippen LogP contribution >= 0.6 is 28.1 Å². The summed E-state index contributed by atoms with van der Waals surface area (Å²) in [6.07, 6.45) is 6.40. The highest BCUT2D eigenvalue weighted by atomic mass is 79.9. The fourth-order valence-corrected chi connectivity index (χ4v) is 3.17. The van der Waals surface area contributed by atoms with E-state index in [2.05, 4.69) is 31.5 Å². The zero-order valence-electron chi connectivity index (χ0n) is 12.7. The van der Waals surface area contributed by atoms with Gasteiger partial charge in [-0.15, -0.1) is 0 Å². The van der Waals surface area contributed by atoms with Crippen LogP contribution in [0.2, 0.25) is 0 Å². The van der Waals surface area contributed by atoms with Crippen LogP contribution in [0.1, 0.15) is 32.1 Å². The molecular formula is C16H23BrFN3S. The van der Waals surface area contributed by atoms with Crippen LogP contribution in [0.15, 0.2) is 22.7 Å². The maximum atomic E-state index is 13.7. The summed E-state index contributed by atoms with van der Waals surface area (Å²) < 4.78 is 14.4. The first-order valence-electron chi connectivity index (χ1n) is 7.87. The molecule has 6 heteroatoms. The lowest BCUT2D eigenvalue weighted by Crippen LogP contribution is -2.33. The molecule has 0 aliphatic carbocycles. The lowest BCUT2D eigenvalue weighted by molar-refractivity contribution is 0.282. The van der Waals surface area contributed by atoms with Crippen molar-refractivity contribution in [2.24, 2.45) is 0 Å². The molecule has 0 atom stereocenters. The first kappa shape index (κ1) is 17.6. The van der Waals surface area contributed by atoms with Gasteiger partial charge >= 0.3 is 0 Å². The van der Waals surface area contributed by atoms with E-state index in [-0.39, 0.29) is 5.82 Å². The molecular weight excluding hydrogens is 365 g/mol. The number of nitrogens with one attached hydrogen (secondary N) is 2. The van der Waals surface area contributed by atoms with Gasteiger partial charge in [0.2, 0.25) is 0 Å². The average Bonchev–Trinajstić information content (AvgIpc) is 2.75. The Balaban J connectivity index is 1.65. The molecule has 1 heterocycles. The zero-order valence-corrected chi connectivity index (χ0v) is 15.1. The van der Waals surface area contributed by atoms with Crippen molar-refractivity contribution in [2.45, 2.75) is 32.1 Å². The Labute approximate surface area is 145 Å². The molecule has 3 nitrogen and oxygen atoms in total. The van der Waals surface area contributed by atoms with Crippen molar-refractivity contribution in [3.63, 3.8) is 0 Å². The molecule has 1 aliphatic rings. The maximum Gasteiger partial charge on any atom is 0.170 e. The second-order valence-corrected chi connectivity index (χ2v) is 6.94. The number of halogens is 2. The van der Waals surface area contributed by atoms with E-state index in [0.29, 0.717) is 15.3 Å². The van der Waals surface area contributed by atoms with Gasteiger partial charge in [-0.2, -0.15) is 0 Å². The molecule has 0 aromatic heterocycles. The molecule has 0 bridgehead atoms. The Morgan fingerprint density at radius 3 is 2.64 bits per heavy atom. The summed E-state index contributed by atoms with van der Waals surface area (Å²) in [5, 5.41) is 6.51. The minimum Gasteiger partial charge on any atom is -0.362 e. The van der Waals surface area contributed by atoms with Crippen LogP contribution in [-0.4, -0.2) is 36.2 Å². The predicted octanol–water partition coefficient (Wildman–Crippen LogP) is 4.14. The summed E-state index contributed by atoms with van der Waals surface area (Å²) in [7, 11) is 0. The molecule has 1 fully saturated rings. The highest BCUT2D eigenvalue weighted by molar-refractivity contribution is 9.10. The third-order valence-corrected chi connectivity index (χ3v) is 4.55. The molecule has 1 aromatic rings. The van der Waals surface area contributed by atoms with Gasteiger partial charge in [-0.3, -0.25) is 0 Å². The average molecular weight is 388 g/mol. The van der Waals surface area contributed by atoms with E-state index >= 15 is 0 Å². The van der Waals surface area contributed by atoms with Crippen molar-refractivity contribution in [1.29, 1.82) is 0 Å². The molecule has 0 radical (unpaired) electrons. The van der Waals surface area contributed by atoms with Crippen LogP contribution in [0.25, 0.3) is 0 Å². The summed E-state index contributed by atoms with van der Waals surface area (Å²) in [5.41, 5.74) is 0.396. The molecule has 0 amide bonds. The third-order valence-electron chi connectivity index (χ3n) is 3.81. The Bertz CT molecular complexity index is 490. The van der Waals surface area contributed by atoms with E-state index < -0.39 is 0 Å². The molecule has 2 N–H and O–H groups in total. The van der Waals surface area contributed by atoms with Crippen molar-refractivity contribution in [3.8, 4) is 0 Å². The Kier molecular flexibility index (Phi) is 7.55. The highest BCUT2D eigenvalue weighted by Crippen LogP contribution is 2.19. The summed E-state index contributed by atoms with van der Waals surface area (Å²) >= 11 is 8.44. The van der Waals surface area contributed by atoms with Gasteiger partial charge < -0.3 is 15.5 Å². The first-order chi connectivity index (χ1) is 10.6. The fraction of sp³-hybridized carbons (Fsp3) is 0.562. The molecule has 0 spiro atoms. The summed E-state index contributed by atoms with van der Waals surface area (Å²) in [4.78, 5) is 2.53. The van der Waals surface area contributed by atoms with E-state index in [0.717, 1.165) is 19.5 Å². The largest absolute Gasteiger partial charge is 0.362 e. The quantitative estimate of drug-likeness (QED) is 0.586. The standard InChI is InChI=1S/C16H23BrFN3S/c17-13-6-7-15(14(18)12-13)20-16(22)19-8-5-11-21-9-3-1-2-4-10-21/h6-7,12H,1-5,8-11H2,(H2,19,20,22). The fourth-order valence-electron chi connectivity index (χ4n) is 2.62. The Morgan fingerprint density at radius 1 is 1.23 bits per heavy atom. The van der Waals surface area contributed by atoms with Gasteiger partial charge in [0.05, 0.1) is 5.69 Å². The van der Waals surface area contributed by atoms with Gasteiger partial charge in [0.1, 0.15) is 5.82 Å². The maximum absolute atomic E-state index is 13.7. The van der Waals surface area contributed by atoms with Crippen LogP contribution in [-0.2, 0) is 0 Å². The molecule has 122 valence electrons. The van der Waals surface area contributed by atoms with Crippen LogP contribution in [0, 0.1) is 5.82 Å². The molecule has 0 saturated carbocycles. The number of hydrogen-bond donors (Lipinski definition) is 2. The molecule has 2 rings (SSSR count). The Hall–Kier alpha value is -0.720. The van der Waals surface area contributed by atoms with Gasteiger partial charge in [0.15, 0.2) is 5.11 Å². The third kappa shape index (κ3) is 6.18. The van der Waals surface area contributed by atoms with Crippen LogP contribution in [0.4, 0.5) is 10.1 Å². The van der Waals surface area contributed by atoms with Gasteiger partial charge in [-0.05, 0) is 69.3 Å². The van der Waals surface area contributed by atoms with Crippen molar-refractivity contribution < 1.29 is 4.39 Å². The molecule has 1 aromatic carbocycles. The van der Waals surface area contributed by atoms with E-state index in [1.807, 2.05) is 0 Å². The number of rotatable bonds is 5. The van der Waals surface area contributed by atoms with Crippen molar-refractivity contribution in [1.82, 2.24) is 10.2 Å². The van der Waals surface area contributed by atoms with Crippen molar-refractivity contribution in [3.05, 3.63) is 28.5 Å². The van der Waals surface area contributed by atoms with E-state index in [1.165, 1.54) is 44.8 Å². The predicted molar refractivity (Wildman–Crippen MR) is 97.8 cm³/mol. The van der Waals surface area contributed by atoms with Crippen LogP contribution < -0.4 is 10.6 Å². The first-order valence-corrected chi connectivity index (χ1v) is 9.07. The van der Waals surface area contributed by atoms with Gasteiger partial charge in [0.25, 0.3) is 0 Å². The van der Waals surface area contributed by atoms with Crippen molar-refractivity contribution >= 4 is 38.9 Å². The van der Waals surface area contributed by atoms with E-state index in [9.17, 15) is 4.39 Å². The lowest BCUT2D eigenvalue weighted by atomic mass is 10.2. The number of hydrogen-bond acceptors (Lipinski definition) is 2. The number of likely N-dealkylation sites (tertiary alicyclic amines) is 1. The Morgan fingerprint density at radius 2 is 1.95 bits per heavy atom. The molecule has 1 aliphatic heterocycles. The van der Waals surface area contributed by atoms with E-state index in [4.69, 9.17) is 12.2 Å². The van der Waals surface area contributed by atoms with Crippen LogP contribution in [0.3, 0.4) is 0 Å². The summed E-state index contributed by atoms with van der Waals surface area (Å²) in [6, 6.07) is 4.88. The smallest absolute Gasteiger partial charge is 0.170 e.